The monoisotopic (exact) mass is 328 g/mol. The van der Waals surface area contributed by atoms with Crippen molar-refractivity contribution in [3.63, 3.8) is 0 Å². The molecule has 0 aliphatic rings. The number of halogens is 1. The first-order chi connectivity index (χ1) is 11.7. The van der Waals surface area contributed by atoms with Crippen LogP contribution in [0, 0.1) is 5.82 Å². The zero-order valence-corrected chi connectivity index (χ0v) is 13.3. The number of benzene rings is 2. The molecule has 0 unspecified atom stereocenters. The summed E-state index contributed by atoms with van der Waals surface area (Å²) in [5, 5.41) is 0.709. The van der Waals surface area contributed by atoms with E-state index in [-0.39, 0.29) is 12.4 Å². The second-order valence-electron chi connectivity index (χ2n) is 5.35. The minimum Gasteiger partial charge on any atom is -0.493 e. The minimum atomic E-state index is -0.476. The van der Waals surface area contributed by atoms with Gasteiger partial charge in [0.15, 0.2) is 0 Å². The van der Waals surface area contributed by atoms with Gasteiger partial charge in [0.05, 0.1) is 18.1 Å². The van der Waals surface area contributed by atoms with E-state index in [2.05, 4.69) is 0 Å². The fourth-order valence-electron chi connectivity index (χ4n) is 2.33. The highest BCUT2D eigenvalue weighted by molar-refractivity contribution is 5.84. The summed E-state index contributed by atoms with van der Waals surface area (Å²) in [4.78, 5) is 11.7. The molecular weight excluding hydrogens is 311 g/mol. The molecule has 0 N–H and O–H groups in total. The molecule has 0 atom stereocenters. The van der Waals surface area contributed by atoms with E-state index in [0.717, 1.165) is 12.0 Å². The van der Waals surface area contributed by atoms with Crippen LogP contribution in [0.4, 0.5) is 4.39 Å². The summed E-state index contributed by atoms with van der Waals surface area (Å²) < 4.78 is 29.6. The molecule has 0 bridgehead atoms. The second-order valence-corrected chi connectivity index (χ2v) is 5.35. The van der Waals surface area contributed by atoms with Crippen molar-refractivity contribution in [3.8, 4) is 11.5 Å². The Hall–Kier alpha value is -2.82. The Balaban J connectivity index is 1.84. The summed E-state index contributed by atoms with van der Waals surface area (Å²) in [5.41, 5.74) is 0.637. The van der Waals surface area contributed by atoms with Gasteiger partial charge in [-0.15, -0.1) is 0 Å². The highest BCUT2D eigenvalue weighted by atomic mass is 19.1. The van der Waals surface area contributed by atoms with E-state index < -0.39 is 5.63 Å². The lowest BCUT2D eigenvalue weighted by Gasteiger charge is -2.10. The first-order valence-corrected chi connectivity index (χ1v) is 7.73. The molecule has 0 fully saturated rings. The van der Waals surface area contributed by atoms with Crippen LogP contribution >= 0.6 is 0 Å². The predicted octanol–water partition coefficient (Wildman–Crippen LogP) is 4.30. The summed E-state index contributed by atoms with van der Waals surface area (Å²) in [7, 11) is 0. The summed E-state index contributed by atoms with van der Waals surface area (Å²) in [6.07, 6.45) is 0.844. The maximum absolute atomic E-state index is 13.2. The molecule has 0 saturated heterocycles. The van der Waals surface area contributed by atoms with E-state index in [1.54, 1.807) is 30.3 Å². The third-order valence-corrected chi connectivity index (χ3v) is 3.43. The van der Waals surface area contributed by atoms with Crippen LogP contribution in [0.15, 0.2) is 57.7 Å². The fourth-order valence-corrected chi connectivity index (χ4v) is 2.33. The first kappa shape index (κ1) is 16.1. The molecule has 0 radical (unpaired) electrons. The summed E-state index contributed by atoms with van der Waals surface area (Å²) >= 11 is 0. The molecule has 4 nitrogen and oxygen atoms in total. The average molecular weight is 328 g/mol. The number of hydrogen-bond acceptors (Lipinski definition) is 4. The van der Waals surface area contributed by atoms with Gasteiger partial charge in [-0.2, -0.15) is 0 Å². The van der Waals surface area contributed by atoms with Crippen LogP contribution in [0.3, 0.4) is 0 Å². The van der Waals surface area contributed by atoms with Gasteiger partial charge in [0.2, 0.25) is 0 Å². The zero-order chi connectivity index (χ0) is 16.9. The molecule has 3 aromatic rings. The zero-order valence-electron chi connectivity index (χ0n) is 13.3. The Morgan fingerprint density at radius 1 is 1.08 bits per heavy atom. The van der Waals surface area contributed by atoms with Crippen molar-refractivity contribution in [1.82, 2.24) is 0 Å². The Morgan fingerprint density at radius 2 is 1.96 bits per heavy atom. The lowest BCUT2D eigenvalue weighted by Crippen LogP contribution is -2.03. The number of fused-ring (bicyclic) bond motifs is 1. The molecule has 3 rings (SSSR count). The maximum Gasteiger partial charge on any atom is 0.339 e. The molecule has 0 spiro atoms. The van der Waals surface area contributed by atoms with Gasteiger partial charge in [0.1, 0.15) is 29.5 Å². The smallest absolute Gasteiger partial charge is 0.339 e. The van der Waals surface area contributed by atoms with E-state index in [9.17, 15) is 9.18 Å². The Morgan fingerprint density at radius 3 is 2.75 bits per heavy atom. The summed E-state index contributed by atoms with van der Waals surface area (Å²) in [6.45, 7) is 2.74. The Kier molecular flexibility index (Phi) is 4.79. The second kappa shape index (κ2) is 7.17. The van der Waals surface area contributed by atoms with Crippen molar-refractivity contribution in [1.29, 1.82) is 0 Å². The number of rotatable bonds is 6. The van der Waals surface area contributed by atoms with Crippen LogP contribution in [0.5, 0.6) is 11.5 Å². The average Bonchev–Trinajstić information content (AvgIpc) is 2.57. The van der Waals surface area contributed by atoms with Gasteiger partial charge < -0.3 is 13.9 Å². The molecular formula is C19H17FO4. The van der Waals surface area contributed by atoms with Crippen LogP contribution in [-0.4, -0.2) is 6.61 Å². The maximum atomic E-state index is 13.2. The highest BCUT2D eigenvalue weighted by Gasteiger charge is 2.08. The Labute approximate surface area is 138 Å². The van der Waals surface area contributed by atoms with Crippen LogP contribution in [0.2, 0.25) is 0 Å². The van der Waals surface area contributed by atoms with Crippen LogP contribution in [0.1, 0.15) is 18.9 Å². The van der Waals surface area contributed by atoms with Crippen molar-refractivity contribution in [3.05, 3.63) is 70.3 Å². The van der Waals surface area contributed by atoms with E-state index in [1.165, 1.54) is 18.2 Å². The molecule has 5 heteroatoms. The van der Waals surface area contributed by atoms with Gasteiger partial charge in [-0.25, -0.2) is 9.18 Å². The largest absolute Gasteiger partial charge is 0.493 e. The SMILES string of the molecule is CCCOc1cc(=O)oc2cc(OCc3cccc(F)c3)ccc12. The van der Waals surface area contributed by atoms with Crippen LogP contribution in [-0.2, 0) is 6.61 Å². The Bertz CT molecular complexity index is 901. The number of ether oxygens (including phenoxy) is 2. The summed E-state index contributed by atoms with van der Waals surface area (Å²) in [5.74, 6) is 0.723. The summed E-state index contributed by atoms with van der Waals surface area (Å²) in [6, 6.07) is 12.7. The minimum absolute atomic E-state index is 0.222. The molecule has 24 heavy (non-hydrogen) atoms. The van der Waals surface area contributed by atoms with E-state index >= 15 is 0 Å². The van der Waals surface area contributed by atoms with E-state index in [1.807, 2.05) is 6.92 Å². The molecule has 1 heterocycles. The van der Waals surface area contributed by atoms with Gasteiger partial charge >= 0.3 is 5.63 Å². The molecule has 0 aliphatic carbocycles. The molecule has 0 saturated carbocycles. The van der Waals surface area contributed by atoms with Crippen molar-refractivity contribution >= 4 is 11.0 Å². The first-order valence-electron chi connectivity index (χ1n) is 7.73. The van der Waals surface area contributed by atoms with Crippen LogP contribution < -0.4 is 15.1 Å². The predicted molar refractivity (Wildman–Crippen MR) is 89.0 cm³/mol. The standard InChI is InChI=1S/C19H17FO4/c1-2-8-22-17-11-19(21)24-18-10-15(6-7-16(17)18)23-12-13-4-3-5-14(20)9-13/h3-7,9-11H,2,8,12H2,1H3. The normalized spacial score (nSPS) is 10.8. The van der Waals surface area contributed by atoms with Crippen molar-refractivity contribution in [2.24, 2.45) is 0 Å². The molecule has 124 valence electrons. The molecule has 1 aromatic heterocycles. The van der Waals surface area contributed by atoms with Gasteiger partial charge in [0, 0.05) is 6.07 Å². The van der Waals surface area contributed by atoms with E-state index in [4.69, 9.17) is 13.9 Å². The lowest BCUT2D eigenvalue weighted by atomic mass is 10.2. The quantitative estimate of drug-likeness (QED) is 0.633. The third-order valence-electron chi connectivity index (χ3n) is 3.43. The molecule has 0 aliphatic heterocycles. The molecule has 2 aromatic carbocycles. The molecule has 0 amide bonds. The van der Waals surface area contributed by atoms with E-state index in [0.29, 0.717) is 29.1 Å². The van der Waals surface area contributed by atoms with Crippen molar-refractivity contribution < 1.29 is 18.3 Å². The highest BCUT2D eigenvalue weighted by Crippen LogP contribution is 2.27. The number of hydrogen-bond donors (Lipinski definition) is 0. The van der Waals surface area contributed by atoms with Gasteiger partial charge in [0.25, 0.3) is 0 Å². The van der Waals surface area contributed by atoms with Crippen LogP contribution in [0.25, 0.3) is 11.0 Å². The fraction of sp³-hybridized carbons (Fsp3) is 0.211. The van der Waals surface area contributed by atoms with Gasteiger partial charge in [-0.05, 0) is 36.2 Å². The van der Waals surface area contributed by atoms with Crippen molar-refractivity contribution in [2.45, 2.75) is 20.0 Å². The third kappa shape index (κ3) is 3.74. The topological polar surface area (TPSA) is 48.7 Å². The van der Waals surface area contributed by atoms with Gasteiger partial charge in [-0.1, -0.05) is 19.1 Å². The van der Waals surface area contributed by atoms with Crippen molar-refractivity contribution in [2.75, 3.05) is 6.61 Å². The van der Waals surface area contributed by atoms with Gasteiger partial charge in [-0.3, -0.25) is 0 Å². The lowest BCUT2D eigenvalue weighted by molar-refractivity contribution is 0.305.